The van der Waals surface area contributed by atoms with Crippen LogP contribution in [0.1, 0.15) is 29.0 Å². The molecule has 0 saturated carbocycles. The van der Waals surface area contributed by atoms with Gasteiger partial charge in [0.15, 0.2) is 5.82 Å². The summed E-state index contributed by atoms with van der Waals surface area (Å²) in [6.45, 7) is 1.94. The SMILES string of the molecule is CCOC(=O)[C@@H](Nc1ccc(OC)cc1)[C@@H](C(=O)c1nccn1C)c1ccccc1. The molecule has 0 fully saturated rings. The van der Waals surface area contributed by atoms with Gasteiger partial charge < -0.3 is 19.4 Å². The maximum absolute atomic E-state index is 13.5. The second-order valence-corrected chi connectivity index (χ2v) is 6.72. The van der Waals surface area contributed by atoms with Crippen LogP contribution in [0.3, 0.4) is 0 Å². The lowest BCUT2D eigenvalue weighted by molar-refractivity contribution is -0.144. The van der Waals surface area contributed by atoms with Crippen LogP contribution in [0.4, 0.5) is 5.69 Å². The molecule has 2 aromatic carbocycles. The topological polar surface area (TPSA) is 82.4 Å². The summed E-state index contributed by atoms with van der Waals surface area (Å²) in [5.41, 5.74) is 1.37. The van der Waals surface area contributed by atoms with Crippen LogP contribution in [0, 0.1) is 0 Å². The second kappa shape index (κ2) is 9.73. The number of hydrogen-bond acceptors (Lipinski definition) is 6. The van der Waals surface area contributed by atoms with Gasteiger partial charge in [0.05, 0.1) is 19.6 Å². The van der Waals surface area contributed by atoms with E-state index in [1.165, 1.54) is 0 Å². The normalized spacial score (nSPS) is 12.6. The maximum atomic E-state index is 13.5. The molecule has 7 nitrogen and oxygen atoms in total. The van der Waals surface area contributed by atoms with Crippen LogP contribution in [0.5, 0.6) is 5.75 Å². The summed E-state index contributed by atoms with van der Waals surface area (Å²) in [5, 5.41) is 3.19. The van der Waals surface area contributed by atoms with Crippen molar-refractivity contribution in [1.29, 1.82) is 0 Å². The Morgan fingerprint density at radius 2 is 1.80 bits per heavy atom. The largest absolute Gasteiger partial charge is 0.497 e. The van der Waals surface area contributed by atoms with Gasteiger partial charge in [0.2, 0.25) is 5.78 Å². The Kier molecular flexibility index (Phi) is 6.85. The number of ether oxygens (including phenoxy) is 2. The molecule has 3 rings (SSSR count). The Bertz CT molecular complexity index is 983. The first-order valence-corrected chi connectivity index (χ1v) is 9.68. The van der Waals surface area contributed by atoms with Crippen molar-refractivity contribution in [2.24, 2.45) is 7.05 Å². The van der Waals surface area contributed by atoms with E-state index in [2.05, 4.69) is 10.3 Å². The summed E-state index contributed by atoms with van der Waals surface area (Å²) < 4.78 is 12.2. The number of hydrogen-bond donors (Lipinski definition) is 1. The first kappa shape index (κ1) is 21.1. The van der Waals surface area contributed by atoms with E-state index in [0.717, 1.165) is 0 Å². The lowest BCUT2D eigenvalue weighted by atomic mass is 9.86. The number of aryl methyl sites for hydroxylation is 1. The maximum Gasteiger partial charge on any atom is 0.329 e. The van der Waals surface area contributed by atoms with Crippen molar-refractivity contribution in [2.75, 3.05) is 19.0 Å². The van der Waals surface area contributed by atoms with Crippen molar-refractivity contribution >= 4 is 17.4 Å². The molecule has 0 bridgehead atoms. The van der Waals surface area contributed by atoms with E-state index in [0.29, 0.717) is 17.0 Å². The van der Waals surface area contributed by atoms with Gasteiger partial charge in [0.1, 0.15) is 11.8 Å². The van der Waals surface area contributed by atoms with Gasteiger partial charge >= 0.3 is 5.97 Å². The molecule has 30 heavy (non-hydrogen) atoms. The van der Waals surface area contributed by atoms with Crippen LogP contribution in [-0.4, -0.2) is 41.1 Å². The van der Waals surface area contributed by atoms with Crippen LogP contribution in [-0.2, 0) is 16.6 Å². The van der Waals surface area contributed by atoms with Gasteiger partial charge in [-0.2, -0.15) is 0 Å². The fraction of sp³-hybridized carbons (Fsp3) is 0.261. The molecule has 0 unspecified atom stereocenters. The van der Waals surface area contributed by atoms with Crippen molar-refractivity contribution in [3.05, 3.63) is 78.4 Å². The van der Waals surface area contributed by atoms with Crippen molar-refractivity contribution in [2.45, 2.75) is 18.9 Å². The summed E-state index contributed by atoms with van der Waals surface area (Å²) in [7, 11) is 3.33. The van der Waals surface area contributed by atoms with Crippen LogP contribution >= 0.6 is 0 Å². The quantitative estimate of drug-likeness (QED) is 0.432. The van der Waals surface area contributed by atoms with Gasteiger partial charge in [0, 0.05) is 25.1 Å². The predicted octanol–water partition coefficient (Wildman–Crippen LogP) is 3.44. The van der Waals surface area contributed by atoms with Gasteiger partial charge in [-0.1, -0.05) is 30.3 Å². The molecule has 0 aliphatic carbocycles. The number of methoxy groups -OCH3 is 1. The Hall–Kier alpha value is -3.61. The van der Waals surface area contributed by atoms with E-state index in [1.807, 2.05) is 30.3 Å². The van der Waals surface area contributed by atoms with Crippen molar-refractivity contribution in [1.82, 2.24) is 9.55 Å². The van der Waals surface area contributed by atoms with Gasteiger partial charge in [-0.3, -0.25) is 4.79 Å². The number of carbonyl (C=O) groups excluding carboxylic acids is 2. The van der Waals surface area contributed by atoms with Crippen molar-refractivity contribution < 1.29 is 19.1 Å². The average molecular weight is 407 g/mol. The predicted molar refractivity (Wildman–Crippen MR) is 114 cm³/mol. The zero-order valence-corrected chi connectivity index (χ0v) is 17.2. The van der Waals surface area contributed by atoms with Gasteiger partial charge in [-0.25, -0.2) is 9.78 Å². The van der Waals surface area contributed by atoms with E-state index >= 15 is 0 Å². The van der Waals surface area contributed by atoms with Crippen LogP contribution in [0.25, 0.3) is 0 Å². The number of aromatic nitrogens is 2. The highest BCUT2D eigenvalue weighted by Gasteiger charge is 2.38. The fourth-order valence-electron chi connectivity index (χ4n) is 3.27. The van der Waals surface area contributed by atoms with Crippen molar-refractivity contribution in [3.63, 3.8) is 0 Å². The number of anilines is 1. The molecule has 0 spiro atoms. The molecule has 1 aromatic heterocycles. The highest BCUT2D eigenvalue weighted by Crippen LogP contribution is 2.28. The summed E-state index contributed by atoms with van der Waals surface area (Å²) >= 11 is 0. The fourth-order valence-corrected chi connectivity index (χ4v) is 3.27. The third-order valence-electron chi connectivity index (χ3n) is 4.77. The zero-order chi connectivity index (χ0) is 21.5. The summed E-state index contributed by atoms with van der Waals surface area (Å²) in [6, 6.07) is 15.4. The highest BCUT2D eigenvalue weighted by atomic mass is 16.5. The zero-order valence-electron chi connectivity index (χ0n) is 17.2. The lowest BCUT2D eigenvalue weighted by Gasteiger charge is -2.26. The number of benzene rings is 2. The van der Waals surface area contributed by atoms with E-state index in [1.54, 1.807) is 62.3 Å². The summed E-state index contributed by atoms with van der Waals surface area (Å²) in [4.78, 5) is 30.7. The van der Waals surface area contributed by atoms with Gasteiger partial charge in [-0.05, 0) is 36.8 Å². The van der Waals surface area contributed by atoms with Crippen LogP contribution < -0.4 is 10.1 Å². The van der Waals surface area contributed by atoms with Gasteiger partial charge in [0.25, 0.3) is 0 Å². The first-order valence-electron chi connectivity index (χ1n) is 9.68. The molecule has 0 aliphatic rings. The van der Waals surface area contributed by atoms with E-state index in [9.17, 15) is 9.59 Å². The van der Waals surface area contributed by atoms with Crippen molar-refractivity contribution in [3.8, 4) is 5.75 Å². The third kappa shape index (κ3) is 4.68. The standard InChI is InChI=1S/C23H25N3O4/c1-4-30-23(28)20(25-17-10-12-18(29-3)13-11-17)19(16-8-6-5-7-9-16)21(27)22-24-14-15-26(22)2/h5-15,19-20,25H,4H2,1-3H3/t19-,20-/m0/s1. The number of Topliss-reactive ketones (excluding diaryl/α,β-unsaturated/α-hetero) is 1. The number of rotatable bonds is 9. The molecule has 7 heteroatoms. The third-order valence-corrected chi connectivity index (χ3v) is 4.77. The highest BCUT2D eigenvalue weighted by molar-refractivity contribution is 6.02. The number of ketones is 1. The number of nitrogens with zero attached hydrogens (tertiary/aromatic N) is 2. The van der Waals surface area contributed by atoms with Crippen LogP contribution in [0.15, 0.2) is 67.0 Å². The summed E-state index contributed by atoms with van der Waals surface area (Å²) in [5.74, 6) is -0.641. The first-order chi connectivity index (χ1) is 14.5. The molecule has 3 aromatic rings. The molecule has 1 heterocycles. The number of nitrogens with one attached hydrogen (secondary N) is 1. The summed E-state index contributed by atoms with van der Waals surface area (Å²) in [6.07, 6.45) is 3.26. The number of carbonyl (C=O) groups is 2. The molecule has 2 atom stereocenters. The molecular weight excluding hydrogens is 382 g/mol. The smallest absolute Gasteiger partial charge is 0.329 e. The van der Waals surface area contributed by atoms with E-state index in [4.69, 9.17) is 9.47 Å². The molecule has 1 N–H and O–H groups in total. The minimum Gasteiger partial charge on any atom is -0.497 e. The molecule has 0 radical (unpaired) electrons. The minimum absolute atomic E-state index is 0.206. The average Bonchev–Trinajstić information content (AvgIpc) is 3.20. The number of imidazole rings is 1. The lowest BCUT2D eigenvalue weighted by Crippen LogP contribution is -2.41. The molecule has 156 valence electrons. The van der Waals surface area contributed by atoms with Crippen LogP contribution in [0.2, 0.25) is 0 Å². The van der Waals surface area contributed by atoms with Gasteiger partial charge in [-0.15, -0.1) is 0 Å². The molecule has 0 saturated heterocycles. The minimum atomic E-state index is -0.940. The Labute approximate surface area is 175 Å². The number of esters is 1. The Balaban J connectivity index is 2.04. The monoisotopic (exact) mass is 407 g/mol. The second-order valence-electron chi connectivity index (χ2n) is 6.72. The van der Waals surface area contributed by atoms with E-state index < -0.39 is 17.9 Å². The molecule has 0 amide bonds. The molecule has 0 aliphatic heterocycles. The Morgan fingerprint density at radius 1 is 1.10 bits per heavy atom. The molecular formula is C23H25N3O4. The van der Waals surface area contributed by atoms with E-state index in [-0.39, 0.29) is 18.2 Å². The Morgan fingerprint density at radius 3 is 2.37 bits per heavy atom.